The Labute approximate surface area is 219 Å². The number of aromatic amines is 1. The van der Waals surface area contributed by atoms with Crippen molar-refractivity contribution >= 4 is 16.6 Å². The predicted octanol–water partition coefficient (Wildman–Crippen LogP) is 3.92. The molecule has 0 amide bonds. The van der Waals surface area contributed by atoms with Gasteiger partial charge in [0, 0.05) is 42.9 Å². The largest absolute Gasteiger partial charge is 0.369 e. The molecule has 1 atom stereocenters. The predicted molar refractivity (Wildman–Crippen MR) is 145 cm³/mol. The molecule has 0 saturated carbocycles. The van der Waals surface area contributed by atoms with Gasteiger partial charge in [-0.2, -0.15) is 0 Å². The summed E-state index contributed by atoms with van der Waals surface area (Å²) in [6.07, 6.45) is 0. The Morgan fingerprint density at radius 3 is 2.47 bits per heavy atom. The minimum absolute atomic E-state index is 0.150. The van der Waals surface area contributed by atoms with Crippen molar-refractivity contribution in [2.45, 2.75) is 19.5 Å². The van der Waals surface area contributed by atoms with Crippen molar-refractivity contribution in [3.8, 4) is 0 Å². The number of benzene rings is 3. The molecule has 0 radical (unpaired) electrons. The molecule has 0 aliphatic carbocycles. The highest BCUT2D eigenvalue weighted by atomic mass is 19.1. The molecule has 0 unspecified atom stereocenters. The van der Waals surface area contributed by atoms with Crippen molar-refractivity contribution in [1.82, 2.24) is 30.1 Å². The van der Waals surface area contributed by atoms with Gasteiger partial charge in [-0.25, -0.2) is 9.07 Å². The molecular formula is C29H28FN7O. The number of hydrogen-bond donors (Lipinski definition) is 1. The Morgan fingerprint density at radius 2 is 1.71 bits per heavy atom. The van der Waals surface area contributed by atoms with E-state index in [0.717, 1.165) is 40.8 Å². The molecule has 3 heterocycles. The summed E-state index contributed by atoms with van der Waals surface area (Å²) >= 11 is 0. The summed E-state index contributed by atoms with van der Waals surface area (Å²) in [5, 5.41) is 13.7. The fourth-order valence-corrected chi connectivity index (χ4v) is 5.20. The Balaban J connectivity index is 1.38. The molecule has 1 saturated heterocycles. The molecular weight excluding hydrogens is 481 g/mol. The third-order valence-electron chi connectivity index (χ3n) is 7.18. The summed E-state index contributed by atoms with van der Waals surface area (Å²) in [5.41, 5.74) is 4.41. The van der Waals surface area contributed by atoms with Crippen molar-refractivity contribution in [3.05, 3.63) is 118 Å². The number of pyridine rings is 1. The monoisotopic (exact) mass is 509 g/mol. The summed E-state index contributed by atoms with van der Waals surface area (Å²) in [4.78, 5) is 21.1. The summed E-state index contributed by atoms with van der Waals surface area (Å²) in [5.74, 6) is 0.379. The van der Waals surface area contributed by atoms with Crippen LogP contribution in [0.1, 0.15) is 28.6 Å². The number of hydrogen-bond acceptors (Lipinski definition) is 6. The molecule has 192 valence electrons. The van der Waals surface area contributed by atoms with Crippen LogP contribution in [0.4, 0.5) is 10.1 Å². The van der Waals surface area contributed by atoms with Crippen molar-refractivity contribution in [2.75, 3.05) is 31.1 Å². The zero-order chi connectivity index (χ0) is 26.1. The first kappa shape index (κ1) is 24.0. The minimum Gasteiger partial charge on any atom is -0.369 e. The molecule has 1 aliphatic rings. The molecule has 5 aromatic rings. The van der Waals surface area contributed by atoms with Crippen LogP contribution >= 0.6 is 0 Å². The second-order valence-electron chi connectivity index (χ2n) is 9.73. The molecule has 9 heteroatoms. The zero-order valence-corrected chi connectivity index (χ0v) is 21.1. The lowest BCUT2D eigenvalue weighted by Gasteiger charge is -2.39. The van der Waals surface area contributed by atoms with Crippen LogP contribution in [0, 0.1) is 12.7 Å². The Morgan fingerprint density at radius 1 is 0.947 bits per heavy atom. The van der Waals surface area contributed by atoms with Gasteiger partial charge in [-0.3, -0.25) is 9.69 Å². The summed E-state index contributed by atoms with van der Waals surface area (Å²) < 4.78 is 15.2. The van der Waals surface area contributed by atoms with Gasteiger partial charge in [-0.05, 0) is 70.3 Å². The topological polar surface area (TPSA) is 82.9 Å². The Bertz CT molecular complexity index is 1610. The molecule has 1 N–H and O–H groups in total. The van der Waals surface area contributed by atoms with Gasteiger partial charge < -0.3 is 9.88 Å². The van der Waals surface area contributed by atoms with Crippen LogP contribution < -0.4 is 10.5 Å². The summed E-state index contributed by atoms with van der Waals surface area (Å²) in [6, 6.07) is 24.2. The van der Waals surface area contributed by atoms with Crippen LogP contribution in [0.5, 0.6) is 0 Å². The lowest BCUT2D eigenvalue weighted by atomic mass is 10.0. The number of aryl methyl sites for hydroxylation is 1. The lowest BCUT2D eigenvalue weighted by Crippen LogP contribution is -2.49. The van der Waals surface area contributed by atoms with E-state index in [9.17, 15) is 9.18 Å². The van der Waals surface area contributed by atoms with E-state index in [1.54, 1.807) is 16.8 Å². The fraction of sp³-hybridized carbons (Fsp3) is 0.241. The summed E-state index contributed by atoms with van der Waals surface area (Å²) in [7, 11) is 0. The smallest absolute Gasteiger partial charge is 0.253 e. The summed E-state index contributed by atoms with van der Waals surface area (Å²) in [6.45, 7) is 5.34. The average molecular weight is 510 g/mol. The second kappa shape index (κ2) is 10.2. The first-order valence-corrected chi connectivity index (χ1v) is 12.7. The number of halogens is 1. The molecule has 0 bridgehead atoms. The van der Waals surface area contributed by atoms with E-state index >= 15 is 0 Å². The number of nitrogens with one attached hydrogen (secondary N) is 1. The molecule has 1 aliphatic heterocycles. The molecule has 0 spiro atoms. The van der Waals surface area contributed by atoms with Crippen molar-refractivity contribution in [1.29, 1.82) is 0 Å². The number of tetrazole rings is 1. The highest BCUT2D eigenvalue weighted by molar-refractivity contribution is 5.79. The second-order valence-corrected chi connectivity index (χ2v) is 9.73. The molecule has 6 rings (SSSR count). The van der Waals surface area contributed by atoms with Gasteiger partial charge in [0.15, 0.2) is 5.82 Å². The maximum Gasteiger partial charge on any atom is 0.253 e. The first-order chi connectivity index (χ1) is 18.5. The highest BCUT2D eigenvalue weighted by Gasteiger charge is 2.32. The molecule has 2 aromatic heterocycles. The van der Waals surface area contributed by atoms with E-state index in [-0.39, 0.29) is 11.4 Å². The zero-order valence-electron chi connectivity index (χ0n) is 21.1. The van der Waals surface area contributed by atoms with Crippen LogP contribution in [0.3, 0.4) is 0 Å². The maximum atomic E-state index is 13.5. The van der Waals surface area contributed by atoms with Gasteiger partial charge in [-0.15, -0.1) is 5.10 Å². The highest BCUT2D eigenvalue weighted by Crippen LogP contribution is 2.29. The van der Waals surface area contributed by atoms with E-state index < -0.39 is 6.04 Å². The molecule has 3 aromatic carbocycles. The quantitative estimate of drug-likeness (QED) is 0.374. The van der Waals surface area contributed by atoms with Crippen molar-refractivity contribution in [2.24, 2.45) is 0 Å². The first-order valence-electron chi connectivity index (χ1n) is 12.7. The SMILES string of the molecule is Cc1ccc2cc([C@H](c3nnnn3Cc3ccccc3)N3CCN(c4ccc(F)cc4)CC3)c(=O)[nH]c2c1. The molecule has 38 heavy (non-hydrogen) atoms. The van der Waals surface area contributed by atoms with Crippen LogP contribution in [-0.4, -0.2) is 56.3 Å². The van der Waals surface area contributed by atoms with Gasteiger partial charge in [0.1, 0.15) is 11.9 Å². The minimum atomic E-state index is -0.432. The van der Waals surface area contributed by atoms with Crippen molar-refractivity contribution < 1.29 is 4.39 Å². The van der Waals surface area contributed by atoms with E-state index in [0.29, 0.717) is 31.0 Å². The van der Waals surface area contributed by atoms with Gasteiger partial charge in [0.25, 0.3) is 5.56 Å². The lowest BCUT2D eigenvalue weighted by molar-refractivity contribution is 0.200. The van der Waals surface area contributed by atoms with Gasteiger partial charge >= 0.3 is 0 Å². The number of aromatic nitrogens is 5. The van der Waals surface area contributed by atoms with Crippen LogP contribution in [0.2, 0.25) is 0 Å². The van der Waals surface area contributed by atoms with Gasteiger partial charge in [-0.1, -0.05) is 42.5 Å². The Hall–Kier alpha value is -4.37. The number of piperazine rings is 1. The van der Waals surface area contributed by atoms with E-state index in [4.69, 9.17) is 0 Å². The Kier molecular flexibility index (Phi) is 6.43. The van der Waals surface area contributed by atoms with Gasteiger partial charge in [0.05, 0.1) is 6.54 Å². The standard InChI is InChI=1S/C29H28FN7O/c1-20-7-8-22-18-25(29(38)31-26(22)17-20)27(28-32-33-34-37(28)19-21-5-3-2-4-6-21)36-15-13-35(14-16-36)24-11-9-23(30)10-12-24/h2-12,17-18,27H,13-16,19H2,1H3,(H,31,38)/t27-/m1/s1. The van der Waals surface area contributed by atoms with Gasteiger partial charge in [0.2, 0.25) is 0 Å². The average Bonchev–Trinajstić information content (AvgIpc) is 3.38. The van der Waals surface area contributed by atoms with Crippen LogP contribution in [0.15, 0.2) is 83.7 Å². The van der Waals surface area contributed by atoms with Crippen molar-refractivity contribution in [3.63, 3.8) is 0 Å². The number of fused-ring (bicyclic) bond motifs is 1. The third-order valence-corrected chi connectivity index (χ3v) is 7.18. The van der Waals surface area contributed by atoms with E-state index in [2.05, 4.69) is 30.3 Å². The van der Waals surface area contributed by atoms with E-state index in [1.165, 1.54) is 12.1 Å². The van der Waals surface area contributed by atoms with E-state index in [1.807, 2.05) is 61.5 Å². The molecule has 8 nitrogen and oxygen atoms in total. The number of anilines is 1. The fourth-order valence-electron chi connectivity index (χ4n) is 5.20. The van der Waals surface area contributed by atoms with Crippen LogP contribution in [0.25, 0.3) is 10.9 Å². The normalized spacial score (nSPS) is 15.2. The van der Waals surface area contributed by atoms with Crippen LogP contribution in [-0.2, 0) is 6.54 Å². The number of nitrogens with zero attached hydrogens (tertiary/aromatic N) is 6. The number of H-pyrrole nitrogens is 1. The third kappa shape index (κ3) is 4.80. The number of rotatable bonds is 6. The maximum absolute atomic E-state index is 13.5. The molecule has 1 fully saturated rings.